The van der Waals surface area contributed by atoms with Crippen LogP contribution in [0, 0.1) is 0 Å². The lowest BCUT2D eigenvalue weighted by Crippen LogP contribution is -2.25. The Kier molecular flexibility index (Phi) is 3.47. The molecule has 0 spiro atoms. The maximum Gasteiger partial charge on any atom is 0.136 e. The van der Waals surface area contributed by atoms with Gasteiger partial charge in [0.25, 0.3) is 0 Å². The van der Waals surface area contributed by atoms with E-state index in [2.05, 4.69) is 52.1 Å². The number of para-hydroxylation sites is 1. The first-order chi connectivity index (χ1) is 10.8. The van der Waals surface area contributed by atoms with Gasteiger partial charge in [0.2, 0.25) is 0 Å². The average molecular weight is 295 g/mol. The zero-order valence-corrected chi connectivity index (χ0v) is 12.9. The minimum absolute atomic E-state index is 0.653. The molecule has 0 radical (unpaired) electrons. The smallest absolute Gasteiger partial charge is 0.136 e. The Labute approximate surface area is 131 Å². The van der Waals surface area contributed by atoms with E-state index in [1.165, 1.54) is 25.1 Å². The SMILES string of the molecule is CN1CCCC1CCO/N=C1\c2ccccc2-n2cccc21. The Bertz CT molecular complexity index is 704. The molecule has 1 aromatic heterocycles. The molecule has 0 saturated carbocycles. The Balaban J connectivity index is 1.48. The van der Waals surface area contributed by atoms with Gasteiger partial charge in [-0.05, 0) is 51.1 Å². The first-order valence-electron chi connectivity index (χ1n) is 8.02. The number of hydrogen-bond acceptors (Lipinski definition) is 3. The molecule has 0 bridgehead atoms. The van der Waals surface area contributed by atoms with Crippen LogP contribution in [0.2, 0.25) is 0 Å². The van der Waals surface area contributed by atoms with E-state index < -0.39 is 0 Å². The molecule has 4 heteroatoms. The summed E-state index contributed by atoms with van der Waals surface area (Å²) in [5.41, 5.74) is 4.39. The first kappa shape index (κ1) is 13.6. The van der Waals surface area contributed by atoms with Gasteiger partial charge < -0.3 is 14.3 Å². The van der Waals surface area contributed by atoms with Gasteiger partial charge in [0, 0.05) is 17.8 Å². The highest BCUT2D eigenvalue weighted by molar-refractivity contribution is 6.17. The molecular weight excluding hydrogens is 274 g/mol. The molecule has 3 heterocycles. The van der Waals surface area contributed by atoms with E-state index >= 15 is 0 Å². The molecule has 1 atom stereocenters. The molecule has 4 rings (SSSR count). The Hall–Kier alpha value is -2.07. The molecule has 0 amide bonds. The minimum Gasteiger partial charge on any atom is -0.395 e. The highest BCUT2D eigenvalue weighted by atomic mass is 16.6. The third-order valence-corrected chi connectivity index (χ3v) is 4.78. The second-order valence-corrected chi connectivity index (χ2v) is 6.12. The van der Waals surface area contributed by atoms with Crippen molar-refractivity contribution in [2.45, 2.75) is 25.3 Å². The number of likely N-dealkylation sites (tertiary alicyclic amines) is 1. The van der Waals surface area contributed by atoms with Crippen molar-refractivity contribution >= 4 is 5.71 Å². The lowest BCUT2D eigenvalue weighted by Gasteiger charge is -2.18. The van der Waals surface area contributed by atoms with Gasteiger partial charge in [-0.1, -0.05) is 23.4 Å². The van der Waals surface area contributed by atoms with Crippen molar-refractivity contribution in [2.75, 3.05) is 20.2 Å². The van der Waals surface area contributed by atoms with E-state index in [0.717, 1.165) is 23.4 Å². The topological polar surface area (TPSA) is 29.8 Å². The summed E-state index contributed by atoms with van der Waals surface area (Å²) in [6, 6.07) is 13.1. The third-order valence-electron chi connectivity index (χ3n) is 4.78. The zero-order valence-electron chi connectivity index (χ0n) is 12.9. The first-order valence-corrected chi connectivity index (χ1v) is 8.02. The van der Waals surface area contributed by atoms with Crippen LogP contribution in [-0.4, -0.2) is 41.4 Å². The number of fused-ring (bicyclic) bond motifs is 3. The minimum atomic E-state index is 0.653. The number of aromatic nitrogens is 1. The predicted octanol–water partition coefficient (Wildman–Crippen LogP) is 3.04. The molecule has 4 nitrogen and oxygen atoms in total. The van der Waals surface area contributed by atoms with Crippen molar-refractivity contribution < 1.29 is 4.84 Å². The Morgan fingerprint density at radius 1 is 1.23 bits per heavy atom. The van der Waals surface area contributed by atoms with Gasteiger partial charge in [0.05, 0.1) is 11.4 Å². The van der Waals surface area contributed by atoms with Crippen LogP contribution in [0.1, 0.15) is 30.5 Å². The van der Waals surface area contributed by atoms with Crippen molar-refractivity contribution in [3.8, 4) is 5.69 Å². The van der Waals surface area contributed by atoms with E-state index in [1.807, 2.05) is 12.1 Å². The molecular formula is C18H21N3O. The highest BCUT2D eigenvalue weighted by Crippen LogP contribution is 2.28. The van der Waals surface area contributed by atoms with Crippen molar-refractivity contribution in [3.63, 3.8) is 0 Å². The fourth-order valence-electron chi connectivity index (χ4n) is 3.54. The van der Waals surface area contributed by atoms with E-state index in [0.29, 0.717) is 12.6 Å². The molecule has 0 aliphatic carbocycles. The predicted molar refractivity (Wildman–Crippen MR) is 87.6 cm³/mol. The van der Waals surface area contributed by atoms with Crippen molar-refractivity contribution in [3.05, 3.63) is 53.9 Å². The Morgan fingerprint density at radius 2 is 2.14 bits per heavy atom. The van der Waals surface area contributed by atoms with Gasteiger partial charge >= 0.3 is 0 Å². The van der Waals surface area contributed by atoms with Gasteiger partial charge in [-0.2, -0.15) is 0 Å². The standard InChI is InChI=1S/C18H21N3O/c1-20-11-4-6-14(20)10-13-22-19-18-15-7-2-3-8-16(15)21-12-5-9-17(18)21/h2-3,5,7-9,12,14H,4,6,10-11,13H2,1H3/b19-18+. The molecule has 1 saturated heterocycles. The summed E-state index contributed by atoms with van der Waals surface area (Å²) in [6.07, 6.45) is 5.71. The van der Waals surface area contributed by atoms with Crippen LogP contribution in [0.4, 0.5) is 0 Å². The van der Waals surface area contributed by atoms with E-state index in [1.54, 1.807) is 0 Å². The molecule has 0 N–H and O–H groups in total. The summed E-state index contributed by atoms with van der Waals surface area (Å²) in [4.78, 5) is 8.08. The monoisotopic (exact) mass is 295 g/mol. The molecule has 1 fully saturated rings. The molecule has 2 aromatic rings. The van der Waals surface area contributed by atoms with Crippen molar-refractivity contribution in [1.29, 1.82) is 0 Å². The quantitative estimate of drug-likeness (QED) is 0.547. The van der Waals surface area contributed by atoms with Crippen LogP contribution in [0.15, 0.2) is 47.8 Å². The summed E-state index contributed by atoms with van der Waals surface area (Å²) in [7, 11) is 2.20. The number of hydrogen-bond donors (Lipinski definition) is 0. The van der Waals surface area contributed by atoms with Crippen LogP contribution in [0.25, 0.3) is 5.69 Å². The third kappa shape index (κ3) is 2.24. The average Bonchev–Trinajstić information content (AvgIpc) is 3.22. The van der Waals surface area contributed by atoms with E-state index in [-0.39, 0.29) is 0 Å². The normalized spacial score (nSPS) is 22.0. The number of oxime groups is 1. The van der Waals surface area contributed by atoms with Crippen molar-refractivity contribution in [1.82, 2.24) is 9.47 Å². The lowest BCUT2D eigenvalue weighted by atomic mass is 10.1. The molecule has 22 heavy (non-hydrogen) atoms. The maximum absolute atomic E-state index is 5.66. The van der Waals surface area contributed by atoms with E-state index in [9.17, 15) is 0 Å². The van der Waals surface area contributed by atoms with Crippen molar-refractivity contribution in [2.24, 2.45) is 5.16 Å². The lowest BCUT2D eigenvalue weighted by molar-refractivity contribution is 0.121. The summed E-state index contributed by atoms with van der Waals surface area (Å²) >= 11 is 0. The summed E-state index contributed by atoms with van der Waals surface area (Å²) in [6.45, 7) is 1.89. The fraction of sp³-hybridized carbons (Fsp3) is 0.389. The Morgan fingerprint density at radius 3 is 3.00 bits per heavy atom. The number of nitrogens with zero attached hydrogens (tertiary/aromatic N) is 3. The second-order valence-electron chi connectivity index (χ2n) is 6.12. The molecule has 2 aliphatic heterocycles. The molecule has 1 unspecified atom stereocenters. The largest absolute Gasteiger partial charge is 0.395 e. The van der Waals surface area contributed by atoms with Gasteiger partial charge in [-0.3, -0.25) is 0 Å². The van der Waals surface area contributed by atoms with Gasteiger partial charge in [0.15, 0.2) is 0 Å². The van der Waals surface area contributed by atoms with Crippen LogP contribution >= 0.6 is 0 Å². The molecule has 2 aliphatic rings. The van der Waals surface area contributed by atoms with Crippen LogP contribution in [-0.2, 0) is 4.84 Å². The van der Waals surface area contributed by atoms with Gasteiger partial charge in [-0.25, -0.2) is 0 Å². The molecule has 1 aromatic carbocycles. The maximum atomic E-state index is 5.66. The summed E-state index contributed by atoms with van der Waals surface area (Å²) in [5, 5.41) is 4.44. The van der Waals surface area contributed by atoms with Crippen LogP contribution in [0.3, 0.4) is 0 Å². The summed E-state index contributed by atoms with van der Waals surface area (Å²) < 4.78 is 2.17. The van der Waals surface area contributed by atoms with E-state index in [4.69, 9.17) is 4.84 Å². The fourth-order valence-corrected chi connectivity index (χ4v) is 3.54. The zero-order chi connectivity index (χ0) is 14.9. The summed E-state index contributed by atoms with van der Waals surface area (Å²) in [5.74, 6) is 0. The number of benzene rings is 1. The van der Waals surface area contributed by atoms with Gasteiger partial charge in [0.1, 0.15) is 12.3 Å². The second kappa shape index (κ2) is 5.61. The van der Waals surface area contributed by atoms with Crippen LogP contribution < -0.4 is 0 Å². The highest BCUT2D eigenvalue weighted by Gasteiger charge is 2.24. The number of rotatable bonds is 4. The molecule has 114 valence electrons. The van der Waals surface area contributed by atoms with Gasteiger partial charge in [-0.15, -0.1) is 0 Å². The van der Waals surface area contributed by atoms with Crippen LogP contribution in [0.5, 0.6) is 0 Å².